The number of halogens is 1. The highest BCUT2D eigenvalue weighted by atomic mass is 19.1. The summed E-state index contributed by atoms with van der Waals surface area (Å²) < 4.78 is 29.5. The minimum atomic E-state index is -0.790. The van der Waals surface area contributed by atoms with E-state index in [-0.39, 0.29) is 5.69 Å². The molecular formula is C13H17BFNO4. The molecule has 5 nitrogen and oxygen atoms in total. The van der Waals surface area contributed by atoms with Crippen LogP contribution in [0.15, 0.2) is 12.1 Å². The van der Waals surface area contributed by atoms with Crippen LogP contribution < -0.4 is 5.46 Å². The van der Waals surface area contributed by atoms with Crippen LogP contribution in [0.1, 0.15) is 38.2 Å². The van der Waals surface area contributed by atoms with Gasteiger partial charge in [-0.1, -0.05) is 6.07 Å². The third-order valence-corrected chi connectivity index (χ3v) is 3.78. The number of methoxy groups -OCH3 is 1. The minimum absolute atomic E-state index is 0.133. The van der Waals surface area contributed by atoms with Crippen LogP contribution in [-0.4, -0.2) is 36.4 Å². The summed E-state index contributed by atoms with van der Waals surface area (Å²) >= 11 is 0. The van der Waals surface area contributed by atoms with Gasteiger partial charge in [0.15, 0.2) is 5.69 Å². The van der Waals surface area contributed by atoms with E-state index in [0.29, 0.717) is 5.46 Å². The van der Waals surface area contributed by atoms with Gasteiger partial charge in [0.1, 0.15) is 0 Å². The van der Waals surface area contributed by atoms with Crippen molar-refractivity contribution >= 4 is 18.6 Å². The highest BCUT2D eigenvalue weighted by molar-refractivity contribution is 6.63. The lowest BCUT2D eigenvalue weighted by Crippen LogP contribution is -2.41. The SMILES string of the molecule is COC(=O)c1nc(F)ccc1B1OC(C)(C)C(C)(C)O1. The Kier molecular flexibility index (Phi) is 3.60. The minimum Gasteiger partial charge on any atom is -0.464 e. The second-order valence-corrected chi connectivity index (χ2v) is 5.65. The van der Waals surface area contributed by atoms with E-state index in [4.69, 9.17) is 9.31 Å². The lowest BCUT2D eigenvalue weighted by Gasteiger charge is -2.32. The first-order valence-corrected chi connectivity index (χ1v) is 6.28. The van der Waals surface area contributed by atoms with Gasteiger partial charge in [-0.25, -0.2) is 9.78 Å². The molecule has 0 saturated carbocycles. The van der Waals surface area contributed by atoms with Gasteiger partial charge in [-0.15, -0.1) is 0 Å². The van der Waals surface area contributed by atoms with Crippen LogP contribution in [0.4, 0.5) is 4.39 Å². The van der Waals surface area contributed by atoms with Gasteiger partial charge < -0.3 is 14.0 Å². The van der Waals surface area contributed by atoms with E-state index in [1.54, 1.807) is 0 Å². The van der Waals surface area contributed by atoms with Crippen molar-refractivity contribution < 1.29 is 23.2 Å². The third-order valence-electron chi connectivity index (χ3n) is 3.78. The van der Waals surface area contributed by atoms with Gasteiger partial charge in [-0.05, 0) is 33.8 Å². The molecule has 0 aromatic carbocycles. The lowest BCUT2D eigenvalue weighted by molar-refractivity contribution is 0.00578. The Labute approximate surface area is 117 Å². The van der Waals surface area contributed by atoms with Crippen LogP contribution >= 0.6 is 0 Å². The molecule has 1 aliphatic rings. The normalized spacial score (nSPS) is 20.0. The molecule has 2 heterocycles. The molecule has 0 spiro atoms. The van der Waals surface area contributed by atoms with E-state index in [1.165, 1.54) is 13.2 Å². The van der Waals surface area contributed by atoms with Gasteiger partial charge >= 0.3 is 13.1 Å². The lowest BCUT2D eigenvalue weighted by atomic mass is 9.78. The number of rotatable bonds is 2. The zero-order valence-electron chi connectivity index (χ0n) is 12.2. The van der Waals surface area contributed by atoms with E-state index >= 15 is 0 Å². The monoisotopic (exact) mass is 281 g/mol. The van der Waals surface area contributed by atoms with Gasteiger partial charge in [0.2, 0.25) is 5.95 Å². The van der Waals surface area contributed by atoms with Crippen molar-refractivity contribution in [2.45, 2.75) is 38.9 Å². The van der Waals surface area contributed by atoms with E-state index in [2.05, 4.69) is 9.72 Å². The molecule has 0 atom stereocenters. The summed E-state index contributed by atoms with van der Waals surface area (Å²) in [6.07, 6.45) is 0. The smallest absolute Gasteiger partial charge is 0.464 e. The van der Waals surface area contributed by atoms with Crippen LogP contribution in [0.3, 0.4) is 0 Å². The summed E-state index contributed by atoms with van der Waals surface area (Å²) in [5.41, 5.74) is -0.887. The molecule has 2 rings (SSSR count). The fourth-order valence-electron chi connectivity index (χ4n) is 1.87. The molecule has 108 valence electrons. The highest BCUT2D eigenvalue weighted by Crippen LogP contribution is 2.36. The van der Waals surface area contributed by atoms with Crippen LogP contribution in [0, 0.1) is 5.95 Å². The summed E-state index contributed by atoms with van der Waals surface area (Å²) in [6, 6.07) is 2.59. The summed E-state index contributed by atoms with van der Waals surface area (Å²) in [6.45, 7) is 7.56. The van der Waals surface area contributed by atoms with Crippen molar-refractivity contribution in [3.05, 3.63) is 23.8 Å². The quantitative estimate of drug-likeness (QED) is 0.464. The topological polar surface area (TPSA) is 57.7 Å². The van der Waals surface area contributed by atoms with Gasteiger partial charge in [0, 0.05) is 5.46 Å². The molecule has 1 aliphatic heterocycles. The Morgan fingerprint density at radius 1 is 1.25 bits per heavy atom. The van der Waals surface area contributed by atoms with Gasteiger partial charge in [0.05, 0.1) is 18.3 Å². The maximum atomic E-state index is 13.2. The van der Waals surface area contributed by atoms with Crippen molar-refractivity contribution in [1.82, 2.24) is 4.98 Å². The predicted molar refractivity (Wildman–Crippen MR) is 71.3 cm³/mol. The van der Waals surface area contributed by atoms with Crippen molar-refractivity contribution in [1.29, 1.82) is 0 Å². The second-order valence-electron chi connectivity index (χ2n) is 5.65. The predicted octanol–water partition coefficient (Wildman–Crippen LogP) is 1.31. The molecule has 1 aromatic heterocycles. The first-order valence-electron chi connectivity index (χ1n) is 6.28. The van der Waals surface area contributed by atoms with E-state index in [0.717, 1.165) is 6.07 Å². The van der Waals surface area contributed by atoms with Gasteiger partial charge in [-0.3, -0.25) is 0 Å². The number of carbonyl (C=O) groups is 1. The summed E-state index contributed by atoms with van der Waals surface area (Å²) in [5, 5.41) is 0. The molecule has 0 unspecified atom stereocenters. The van der Waals surface area contributed by atoms with Gasteiger partial charge in [0.25, 0.3) is 0 Å². The Hall–Kier alpha value is -1.47. The largest absolute Gasteiger partial charge is 0.497 e. The molecule has 1 fully saturated rings. The summed E-state index contributed by atoms with van der Waals surface area (Å²) in [7, 11) is 0.422. The average Bonchev–Trinajstić information content (AvgIpc) is 2.57. The Balaban J connectivity index is 2.42. The van der Waals surface area contributed by atoms with Crippen LogP contribution in [-0.2, 0) is 14.0 Å². The maximum Gasteiger partial charge on any atom is 0.497 e. The van der Waals surface area contributed by atoms with Crippen molar-refractivity contribution in [2.75, 3.05) is 7.11 Å². The average molecular weight is 281 g/mol. The summed E-state index contributed by atoms with van der Waals surface area (Å²) in [5.74, 6) is -1.49. The Morgan fingerprint density at radius 3 is 2.30 bits per heavy atom. The standard InChI is InChI=1S/C13H17BFNO4/c1-12(2)13(3,4)20-14(19-12)8-6-7-9(15)16-10(8)11(17)18-5/h6-7H,1-5H3. The highest BCUT2D eigenvalue weighted by Gasteiger charge is 2.52. The summed E-state index contributed by atoms with van der Waals surface area (Å²) in [4.78, 5) is 15.3. The van der Waals surface area contributed by atoms with Crippen LogP contribution in [0.2, 0.25) is 0 Å². The number of esters is 1. The molecule has 1 aromatic rings. The Morgan fingerprint density at radius 2 is 1.80 bits per heavy atom. The number of pyridine rings is 1. The molecule has 1 saturated heterocycles. The van der Waals surface area contributed by atoms with Crippen molar-refractivity contribution in [2.24, 2.45) is 0 Å². The molecule has 0 radical (unpaired) electrons. The molecule has 0 amide bonds. The number of carbonyl (C=O) groups excluding carboxylic acids is 1. The zero-order valence-corrected chi connectivity index (χ0v) is 12.2. The third kappa shape index (κ3) is 2.43. The van der Waals surface area contributed by atoms with Crippen molar-refractivity contribution in [3.63, 3.8) is 0 Å². The zero-order chi connectivity index (χ0) is 15.1. The number of ether oxygens (including phenoxy) is 1. The van der Waals surface area contributed by atoms with E-state index in [9.17, 15) is 9.18 Å². The first-order chi connectivity index (χ1) is 9.18. The fourth-order valence-corrected chi connectivity index (χ4v) is 1.87. The number of aromatic nitrogens is 1. The second kappa shape index (κ2) is 4.82. The number of hydrogen-bond acceptors (Lipinski definition) is 5. The van der Waals surface area contributed by atoms with E-state index in [1.807, 2.05) is 27.7 Å². The molecular weight excluding hydrogens is 264 g/mol. The van der Waals surface area contributed by atoms with Crippen molar-refractivity contribution in [3.8, 4) is 0 Å². The molecule has 0 bridgehead atoms. The molecule has 0 N–H and O–H groups in total. The number of nitrogens with zero attached hydrogens (tertiary/aromatic N) is 1. The van der Waals surface area contributed by atoms with Gasteiger partial charge in [-0.2, -0.15) is 4.39 Å². The van der Waals surface area contributed by atoms with E-state index < -0.39 is 30.2 Å². The first kappa shape index (κ1) is 14.9. The Bertz CT molecular complexity index is 531. The fraction of sp³-hybridized carbons (Fsp3) is 0.538. The molecule has 0 aliphatic carbocycles. The van der Waals surface area contributed by atoms with Crippen LogP contribution in [0.25, 0.3) is 0 Å². The van der Waals surface area contributed by atoms with Crippen LogP contribution in [0.5, 0.6) is 0 Å². The molecule has 20 heavy (non-hydrogen) atoms. The number of hydrogen-bond donors (Lipinski definition) is 0. The molecule has 7 heteroatoms. The maximum absolute atomic E-state index is 13.2.